The van der Waals surface area contributed by atoms with Crippen molar-refractivity contribution < 1.29 is 18.4 Å². The summed E-state index contributed by atoms with van der Waals surface area (Å²) < 4.78 is 26.5. The maximum Gasteiger partial charge on any atom is 0.222 e. The van der Waals surface area contributed by atoms with Crippen molar-refractivity contribution >= 4 is 39.9 Å². The summed E-state index contributed by atoms with van der Waals surface area (Å²) in [6.45, 7) is 0. The van der Waals surface area contributed by atoms with E-state index in [9.17, 15) is 18.4 Å². The van der Waals surface area contributed by atoms with E-state index >= 15 is 0 Å². The first kappa shape index (κ1) is 24.9. The molecule has 0 spiro atoms. The van der Waals surface area contributed by atoms with E-state index in [1.54, 1.807) is 12.1 Å². The van der Waals surface area contributed by atoms with Gasteiger partial charge < -0.3 is 9.87 Å². The fourth-order valence-electron chi connectivity index (χ4n) is 5.18. The Labute approximate surface area is 218 Å². The topological polar surface area (TPSA) is 89.5 Å². The molecule has 37 heavy (non-hydrogen) atoms. The SMILES string of the molecule is O=Cc1ccc2c(c1)CCCC2NC(=O)CC(c1ccccc1)N(c1ccc2ccccc2c1)S(=O)[O-]. The smallest absolute Gasteiger partial charge is 0.222 e. The van der Waals surface area contributed by atoms with Crippen molar-refractivity contribution in [3.8, 4) is 0 Å². The lowest BCUT2D eigenvalue weighted by Gasteiger charge is -2.35. The number of carbonyl (C=O) groups excluding carboxylic acids is 2. The number of anilines is 1. The van der Waals surface area contributed by atoms with Crippen LogP contribution >= 0.6 is 0 Å². The van der Waals surface area contributed by atoms with Crippen LogP contribution in [0.3, 0.4) is 0 Å². The zero-order valence-electron chi connectivity index (χ0n) is 20.2. The highest BCUT2D eigenvalue weighted by molar-refractivity contribution is 7.80. The van der Waals surface area contributed by atoms with E-state index in [2.05, 4.69) is 5.32 Å². The molecular weight excluding hydrogens is 484 g/mol. The van der Waals surface area contributed by atoms with Gasteiger partial charge in [-0.15, -0.1) is 0 Å². The van der Waals surface area contributed by atoms with Crippen LogP contribution in [-0.4, -0.2) is 21.0 Å². The number of hydrogen-bond donors (Lipinski definition) is 1. The van der Waals surface area contributed by atoms with E-state index in [1.165, 1.54) is 4.31 Å². The molecule has 4 aromatic rings. The highest BCUT2D eigenvalue weighted by atomic mass is 32.2. The molecule has 5 rings (SSSR count). The zero-order valence-corrected chi connectivity index (χ0v) is 21.0. The zero-order chi connectivity index (χ0) is 25.8. The minimum atomic E-state index is -2.62. The van der Waals surface area contributed by atoms with E-state index in [0.717, 1.165) is 53.0 Å². The summed E-state index contributed by atoms with van der Waals surface area (Å²) >= 11 is -2.62. The number of carbonyl (C=O) groups is 2. The second-order valence-electron chi connectivity index (χ2n) is 9.29. The van der Waals surface area contributed by atoms with Crippen LogP contribution in [0.15, 0.2) is 91.0 Å². The number of aryl methyl sites for hydroxylation is 1. The molecule has 0 fully saturated rings. The van der Waals surface area contributed by atoms with Gasteiger partial charge in [-0.1, -0.05) is 72.8 Å². The summed E-state index contributed by atoms with van der Waals surface area (Å²) in [6, 6.07) is 27.1. The number of hydrogen-bond acceptors (Lipinski definition) is 4. The fraction of sp³-hybridized carbons (Fsp3) is 0.200. The van der Waals surface area contributed by atoms with Crippen molar-refractivity contribution in [2.45, 2.75) is 37.8 Å². The molecule has 3 atom stereocenters. The summed E-state index contributed by atoms with van der Waals surface area (Å²) in [7, 11) is 0. The van der Waals surface area contributed by atoms with Crippen LogP contribution in [0.1, 0.15) is 58.4 Å². The normalized spacial score (nSPS) is 16.4. The van der Waals surface area contributed by atoms with Gasteiger partial charge in [-0.05, 0) is 64.9 Å². The van der Waals surface area contributed by atoms with Gasteiger partial charge in [-0.3, -0.25) is 18.1 Å². The quantitative estimate of drug-likeness (QED) is 0.247. The molecule has 4 aromatic carbocycles. The molecule has 6 nitrogen and oxygen atoms in total. The largest absolute Gasteiger partial charge is 0.755 e. The van der Waals surface area contributed by atoms with E-state index in [1.807, 2.05) is 78.9 Å². The Kier molecular flexibility index (Phi) is 7.44. The third kappa shape index (κ3) is 5.48. The van der Waals surface area contributed by atoms with Gasteiger partial charge >= 0.3 is 0 Å². The van der Waals surface area contributed by atoms with Crippen molar-refractivity contribution in [1.82, 2.24) is 5.32 Å². The average Bonchev–Trinajstić information content (AvgIpc) is 2.92. The summed E-state index contributed by atoms with van der Waals surface area (Å²) in [5.41, 5.74) is 3.94. The van der Waals surface area contributed by atoms with Gasteiger partial charge in [0.25, 0.3) is 0 Å². The average molecular weight is 512 g/mol. The van der Waals surface area contributed by atoms with E-state index in [0.29, 0.717) is 11.3 Å². The van der Waals surface area contributed by atoms with Crippen molar-refractivity contribution in [2.24, 2.45) is 0 Å². The van der Waals surface area contributed by atoms with Gasteiger partial charge in [0.15, 0.2) is 0 Å². The summed E-state index contributed by atoms with van der Waals surface area (Å²) in [5, 5.41) is 5.05. The maximum atomic E-state index is 13.4. The van der Waals surface area contributed by atoms with Gasteiger partial charge in [0, 0.05) is 22.5 Å². The van der Waals surface area contributed by atoms with E-state index < -0.39 is 17.3 Å². The first-order valence-corrected chi connectivity index (χ1v) is 13.4. The Morgan fingerprint density at radius 3 is 2.51 bits per heavy atom. The maximum absolute atomic E-state index is 13.4. The lowest BCUT2D eigenvalue weighted by Crippen LogP contribution is -2.37. The fourth-order valence-corrected chi connectivity index (χ4v) is 5.87. The minimum Gasteiger partial charge on any atom is -0.755 e. The molecule has 1 aliphatic carbocycles. The first-order chi connectivity index (χ1) is 18.0. The summed E-state index contributed by atoms with van der Waals surface area (Å²) in [4.78, 5) is 24.6. The molecule has 188 valence electrons. The lowest BCUT2D eigenvalue weighted by molar-refractivity contribution is -0.122. The lowest BCUT2D eigenvalue weighted by atomic mass is 9.86. The molecule has 0 radical (unpaired) electrons. The Morgan fingerprint density at radius 1 is 1.00 bits per heavy atom. The van der Waals surface area contributed by atoms with Crippen LogP contribution in [-0.2, 0) is 22.5 Å². The molecule has 0 heterocycles. The number of benzene rings is 4. The Hall–Kier alpha value is -3.81. The minimum absolute atomic E-state index is 0.0386. The van der Waals surface area contributed by atoms with Crippen LogP contribution < -0.4 is 9.62 Å². The number of aldehydes is 1. The Balaban J connectivity index is 1.45. The Bertz CT molecular complexity index is 1460. The number of nitrogens with zero attached hydrogens (tertiary/aromatic N) is 1. The van der Waals surface area contributed by atoms with Gasteiger partial charge in [0.05, 0.1) is 18.5 Å². The highest BCUT2D eigenvalue weighted by Crippen LogP contribution is 2.34. The molecule has 3 unspecified atom stereocenters. The number of amides is 1. The van der Waals surface area contributed by atoms with E-state index in [4.69, 9.17) is 0 Å². The second-order valence-corrected chi connectivity index (χ2v) is 10.1. The van der Waals surface area contributed by atoms with Crippen LogP contribution in [0, 0.1) is 0 Å². The number of nitrogens with one attached hydrogen (secondary N) is 1. The predicted molar refractivity (Wildman–Crippen MR) is 145 cm³/mol. The van der Waals surface area contributed by atoms with Gasteiger partial charge in [-0.25, -0.2) is 0 Å². The molecule has 1 aliphatic rings. The molecule has 0 aromatic heterocycles. The molecule has 1 N–H and O–H groups in total. The number of fused-ring (bicyclic) bond motifs is 2. The van der Waals surface area contributed by atoms with Crippen LogP contribution in [0.5, 0.6) is 0 Å². The second kappa shape index (κ2) is 11.1. The van der Waals surface area contributed by atoms with Gasteiger partial charge in [0.2, 0.25) is 5.91 Å². The third-order valence-corrected chi connectivity index (χ3v) is 7.73. The molecule has 0 saturated heterocycles. The van der Waals surface area contributed by atoms with Crippen LogP contribution in [0.25, 0.3) is 10.8 Å². The van der Waals surface area contributed by atoms with Crippen LogP contribution in [0.2, 0.25) is 0 Å². The molecule has 0 saturated carbocycles. The monoisotopic (exact) mass is 511 g/mol. The summed E-state index contributed by atoms with van der Waals surface area (Å²) in [5.74, 6) is -0.234. The highest BCUT2D eigenvalue weighted by Gasteiger charge is 2.28. The first-order valence-electron chi connectivity index (χ1n) is 12.3. The predicted octanol–water partition coefficient (Wildman–Crippen LogP) is 5.58. The summed E-state index contributed by atoms with van der Waals surface area (Å²) in [6.07, 6.45) is 3.34. The number of rotatable bonds is 8. The van der Waals surface area contributed by atoms with Crippen molar-refractivity contribution in [1.29, 1.82) is 0 Å². The third-order valence-electron chi connectivity index (χ3n) is 6.95. The molecule has 1 amide bonds. The van der Waals surface area contributed by atoms with Crippen molar-refractivity contribution in [3.63, 3.8) is 0 Å². The molecule has 0 aliphatic heterocycles. The van der Waals surface area contributed by atoms with Crippen molar-refractivity contribution in [3.05, 3.63) is 113 Å². The van der Waals surface area contributed by atoms with Gasteiger partial charge in [0.1, 0.15) is 6.29 Å². The van der Waals surface area contributed by atoms with Crippen LogP contribution in [0.4, 0.5) is 5.69 Å². The van der Waals surface area contributed by atoms with E-state index in [-0.39, 0.29) is 18.4 Å². The molecule has 0 bridgehead atoms. The van der Waals surface area contributed by atoms with Crippen molar-refractivity contribution in [2.75, 3.05) is 4.31 Å². The standard InChI is InChI=1S/C30H28N2O4S/c33-20-21-13-16-27-25(17-21)11-6-12-28(27)31-30(34)19-29(23-8-2-1-3-9-23)32(37(35)36)26-15-14-22-7-4-5-10-24(22)18-26/h1-5,7-10,13-18,20,28-29H,6,11-12,19H2,(H,31,34)(H,35,36)/p-1. The Morgan fingerprint density at radius 2 is 1.76 bits per heavy atom. The van der Waals surface area contributed by atoms with Gasteiger partial charge in [-0.2, -0.15) is 0 Å². The molecule has 7 heteroatoms. The molecular formula is C30H27N2O4S-.